The Morgan fingerprint density at radius 3 is 2.30 bits per heavy atom. The molecule has 4 heterocycles. The van der Waals surface area contributed by atoms with Crippen LogP contribution in [0.25, 0.3) is 79.7 Å². The van der Waals surface area contributed by atoms with E-state index in [-0.39, 0.29) is 0 Å². The van der Waals surface area contributed by atoms with Crippen LogP contribution in [0, 0.1) is 11.6 Å². The fourth-order valence-corrected chi connectivity index (χ4v) is 8.28. The van der Waals surface area contributed by atoms with Crippen LogP contribution in [0.2, 0.25) is 0 Å². The monoisotopic (exact) mass is 595 g/mol. The Morgan fingerprint density at radius 1 is 0.605 bits per heavy atom. The van der Waals surface area contributed by atoms with E-state index < -0.39 is 11.6 Å². The van der Waals surface area contributed by atoms with Crippen LogP contribution in [-0.4, -0.2) is 14.5 Å². The molecule has 7 heteroatoms. The van der Waals surface area contributed by atoms with E-state index in [9.17, 15) is 8.78 Å². The Bertz CT molecular complexity index is 2540. The lowest BCUT2D eigenvalue weighted by Gasteiger charge is -2.11. The van der Waals surface area contributed by atoms with E-state index in [0.29, 0.717) is 11.1 Å². The van der Waals surface area contributed by atoms with E-state index in [0.717, 1.165) is 54.5 Å². The quantitative estimate of drug-likeness (QED) is 0.203. The average Bonchev–Trinajstić information content (AvgIpc) is 3.71. The normalized spacial score (nSPS) is 12.0. The van der Waals surface area contributed by atoms with E-state index in [1.54, 1.807) is 28.9 Å². The molecule has 3 nitrogen and oxygen atoms in total. The molecule has 0 aliphatic carbocycles. The van der Waals surface area contributed by atoms with Crippen molar-refractivity contribution in [3.8, 4) is 28.2 Å². The Hall–Kier alpha value is -4.98. The number of halogens is 2. The Balaban J connectivity index is 1.29. The molecule has 0 N–H and O–H groups in total. The minimum absolute atomic E-state index is 0.459. The molecular formula is C36H19F2N3S2. The Kier molecular flexibility index (Phi) is 5.30. The van der Waals surface area contributed by atoms with E-state index >= 15 is 0 Å². The van der Waals surface area contributed by atoms with Gasteiger partial charge < -0.3 is 0 Å². The van der Waals surface area contributed by atoms with E-state index in [1.807, 2.05) is 30.3 Å². The van der Waals surface area contributed by atoms with Crippen molar-refractivity contribution in [3.05, 3.63) is 127 Å². The molecule has 43 heavy (non-hydrogen) atoms. The second-order valence-electron chi connectivity index (χ2n) is 10.6. The van der Waals surface area contributed by atoms with Gasteiger partial charge in [0.15, 0.2) is 0 Å². The summed E-state index contributed by atoms with van der Waals surface area (Å²) in [5.41, 5.74) is 5.12. The van der Waals surface area contributed by atoms with Crippen molar-refractivity contribution < 1.29 is 8.78 Å². The molecule has 4 aromatic heterocycles. The third kappa shape index (κ3) is 3.82. The molecule has 0 aliphatic rings. The third-order valence-corrected chi connectivity index (χ3v) is 10.3. The summed E-state index contributed by atoms with van der Waals surface area (Å²) in [6.45, 7) is 0. The van der Waals surface area contributed by atoms with Crippen LogP contribution in [0.15, 0.2) is 115 Å². The lowest BCUT2D eigenvalue weighted by molar-refractivity contribution is 0.584. The summed E-state index contributed by atoms with van der Waals surface area (Å²) in [5, 5.41) is 4.45. The van der Waals surface area contributed by atoms with Crippen molar-refractivity contribution in [1.82, 2.24) is 14.5 Å². The maximum atomic E-state index is 14.0. The first-order chi connectivity index (χ1) is 21.1. The number of nitrogens with zero attached hydrogens (tertiary/aromatic N) is 3. The molecule has 0 bridgehead atoms. The highest BCUT2D eigenvalue weighted by molar-refractivity contribution is 7.26. The Morgan fingerprint density at radius 2 is 1.40 bits per heavy atom. The summed E-state index contributed by atoms with van der Waals surface area (Å²) in [6.07, 6.45) is 1.68. The number of pyridine rings is 1. The first-order valence-corrected chi connectivity index (χ1v) is 15.4. The first-order valence-electron chi connectivity index (χ1n) is 13.8. The van der Waals surface area contributed by atoms with Crippen molar-refractivity contribution in [1.29, 1.82) is 0 Å². The van der Waals surface area contributed by atoms with Gasteiger partial charge in [0.05, 0.1) is 11.0 Å². The molecule has 204 valence electrons. The minimum atomic E-state index is -0.611. The number of thiophene rings is 2. The molecule has 0 saturated carbocycles. The zero-order chi connectivity index (χ0) is 28.7. The largest absolute Gasteiger partial charge is 0.292 e. The van der Waals surface area contributed by atoms with Crippen LogP contribution in [0.3, 0.4) is 0 Å². The summed E-state index contributed by atoms with van der Waals surface area (Å²) < 4.78 is 33.8. The topological polar surface area (TPSA) is 30.7 Å². The third-order valence-electron chi connectivity index (χ3n) is 7.97. The molecule has 5 aromatic carbocycles. The molecule has 9 aromatic rings. The lowest BCUT2D eigenvalue weighted by atomic mass is 10.0. The Labute approximate surface area is 251 Å². The van der Waals surface area contributed by atoms with E-state index in [2.05, 4.69) is 65.2 Å². The smallest absolute Gasteiger partial charge is 0.147 e. The molecule has 0 amide bonds. The van der Waals surface area contributed by atoms with Gasteiger partial charge in [-0.25, -0.2) is 18.7 Å². The summed E-state index contributed by atoms with van der Waals surface area (Å²) in [6, 6.07) is 35.1. The maximum absolute atomic E-state index is 14.0. The summed E-state index contributed by atoms with van der Waals surface area (Å²) in [4.78, 5) is 10.7. The predicted octanol–water partition coefficient (Wildman–Crippen LogP) is 10.8. The minimum Gasteiger partial charge on any atom is -0.292 e. The fraction of sp³-hybridized carbons (Fsp3) is 0. The van der Waals surface area contributed by atoms with E-state index in [1.165, 1.54) is 32.3 Å². The highest BCUT2D eigenvalue weighted by Gasteiger charge is 2.20. The van der Waals surface area contributed by atoms with Gasteiger partial charge in [-0.3, -0.25) is 4.57 Å². The SMILES string of the molecule is Fc1cc(F)cc(-c2cnc3sc4c(-c5nc6ccccc6n5-c5ccc6sc7ccccc7c6c5)cccc4c3c2)c1. The number of aromatic nitrogens is 3. The number of benzene rings is 5. The lowest BCUT2D eigenvalue weighted by Crippen LogP contribution is -1.97. The van der Waals surface area contributed by atoms with Crippen LogP contribution in [0.1, 0.15) is 0 Å². The van der Waals surface area contributed by atoms with Crippen LogP contribution < -0.4 is 0 Å². The first kappa shape index (κ1) is 24.6. The second kappa shape index (κ2) is 9.26. The number of imidazole rings is 1. The molecule has 9 rings (SSSR count). The summed E-state index contributed by atoms with van der Waals surface area (Å²) >= 11 is 3.41. The number of rotatable bonds is 3. The molecule has 0 fully saturated rings. The highest BCUT2D eigenvalue weighted by Crippen LogP contribution is 2.42. The van der Waals surface area contributed by atoms with Crippen molar-refractivity contribution in [2.24, 2.45) is 0 Å². The summed E-state index contributed by atoms with van der Waals surface area (Å²) in [5.74, 6) is -0.370. The van der Waals surface area contributed by atoms with Crippen LogP contribution in [0.5, 0.6) is 0 Å². The van der Waals surface area contributed by atoms with Gasteiger partial charge in [-0.15, -0.1) is 22.7 Å². The van der Waals surface area contributed by atoms with Crippen molar-refractivity contribution >= 4 is 74.2 Å². The van der Waals surface area contributed by atoms with Gasteiger partial charge in [-0.05, 0) is 66.2 Å². The van der Waals surface area contributed by atoms with Crippen LogP contribution in [0.4, 0.5) is 8.78 Å². The van der Waals surface area contributed by atoms with Crippen LogP contribution in [-0.2, 0) is 0 Å². The summed E-state index contributed by atoms with van der Waals surface area (Å²) in [7, 11) is 0. The molecule has 0 spiro atoms. The number of para-hydroxylation sites is 2. The van der Waals surface area contributed by atoms with Gasteiger partial charge in [0.1, 0.15) is 22.3 Å². The maximum Gasteiger partial charge on any atom is 0.147 e. The van der Waals surface area contributed by atoms with Gasteiger partial charge in [0.2, 0.25) is 0 Å². The number of fused-ring (bicyclic) bond motifs is 7. The zero-order valence-corrected chi connectivity index (χ0v) is 24.0. The number of hydrogen-bond donors (Lipinski definition) is 0. The zero-order valence-electron chi connectivity index (χ0n) is 22.4. The van der Waals surface area contributed by atoms with Crippen molar-refractivity contribution in [3.63, 3.8) is 0 Å². The van der Waals surface area contributed by atoms with E-state index in [4.69, 9.17) is 9.97 Å². The van der Waals surface area contributed by atoms with Gasteiger partial charge in [0.25, 0.3) is 0 Å². The van der Waals surface area contributed by atoms with Gasteiger partial charge in [0, 0.05) is 64.7 Å². The second-order valence-corrected chi connectivity index (χ2v) is 12.6. The van der Waals surface area contributed by atoms with Gasteiger partial charge >= 0.3 is 0 Å². The van der Waals surface area contributed by atoms with Gasteiger partial charge in [-0.1, -0.05) is 42.5 Å². The molecule has 0 radical (unpaired) electrons. The average molecular weight is 596 g/mol. The highest BCUT2D eigenvalue weighted by atomic mass is 32.1. The predicted molar refractivity (Wildman–Crippen MR) is 175 cm³/mol. The van der Waals surface area contributed by atoms with Crippen LogP contribution >= 0.6 is 22.7 Å². The fourth-order valence-electron chi connectivity index (χ4n) is 6.06. The molecule has 0 unspecified atom stereocenters. The van der Waals surface area contributed by atoms with Crippen molar-refractivity contribution in [2.75, 3.05) is 0 Å². The molecule has 0 atom stereocenters. The van der Waals surface area contributed by atoms with Gasteiger partial charge in [-0.2, -0.15) is 0 Å². The van der Waals surface area contributed by atoms with Crippen molar-refractivity contribution in [2.45, 2.75) is 0 Å². The molecule has 0 aliphatic heterocycles. The number of hydrogen-bond acceptors (Lipinski definition) is 4. The standard InChI is InChI=1S/C36H19F2N3S2/c37-22-14-20(15-23(38)17-22)21-16-29-26-7-5-8-27(34(26)43-36(29)39-19-21)35-40-30-9-2-3-10-31(30)41(35)24-12-13-33-28(18-24)25-6-1-4-11-32(25)42-33/h1-19H. The molecular weight excluding hydrogens is 577 g/mol. The molecule has 0 saturated heterocycles.